The topological polar surface area (TPSA) is 123 Å². The number of aliphatic hydroxyl groups excluding tert-OH is 1. The molecule has 2 amide bonds. The summed E-state index contributed by atoms with van der Waals surface area (Å²) in [5.74, 6) is 2.25. The van der Waals surface area contributed by atoms with Crippen LogP contribution in [0.15, 0.2) is 18.6 Å². The van der Waals surface area contributed by atoms with E-state index in [9.17, 15) is 4.79 Å². The molecule has 0 bridgehead atoms. The number of likely N-dealkylation sites (tertiary alicyclic amines) is 1. The number of H-pyrrole nitrogens is 1. The number of nitrogens with one attached hydrogen (secondary N) is 2. The summed E-state index contributed by atoms with van der Waals surface area (Å²) in [6.45, 7) is 1.27. The van der Waals surface area contributed by atoms with Crippen molar-refractivity contribution >= 4 is 39.5 Å². The highest BCUT2D eigenvalue weighted by atomic mass is 32.1. The van der Waals surface area contributed by atoms with E-state index in [0.29, 0.717) is 28.8 Å². The molecule has 3 atom stereocenters. The highest BCUT2D eigenvalue weighted by Crippen LogP contribution is 2.41. The molecule has 2 aliphatic rings. The molecule has 1 saturated heterocycles. The molecule has 29 heavy (non-hydrogen) atoms. The molecule has 3 aromatic rings. The lowest BCUT2D eigenvalue weighted by Gasteiger charge is -2.27. The van der Waals surface area contributed by atoms with Gasteiger partial charge in [-0.05, 0) is 30.7 Å². The number of aromatic nitrogens is 5. The van der Waals surface area contributed by atoms with E-state index >= 15 is 0 Å². The normalized spacial score (nSPS) is 23.5. The Morgan fingerprint density at radius 3 is 2.90 bits per heavy atom. The van der Waals surface area contributed by atoms with Crippen molar-refractivity contribution in [1.82, 2.24) is 29.2 Å². The highest BCUT2D eigenvalue weighted by Gasteiger charge is 2.44. The van der Waals surface area contributed by atoms with Crippen LogP contribution in [0, 0.1) is 11.8 Å². The average molecular weight is 414 g/mol. The lowest BCUT2D eigenvalue weighted by atomic mass is 10.0. The zero-order valence-corrected chi connectivity index (χ0v) is 16.8. The van der Waals surface area contributed by atoms with Gasteiger partial charge in [0.15, 0.2) is 5.82 Å². The van der Waals surface area contributed by atoms with E-state index in [1.54, 1.807) is 6.33 Å². The van der Waals surface area contributed by atoms with Gasteiger partial charge in [0, 0.05) is 43.9 Å². The van der Waals surface area contributed by atoms with Crippen LogP contribution in [0.1, 0.15) is 18.7 Å². The van der Waals surface area contributed by atoms with Crippen LogP contribution in [-0.4, -0.2) is 66.5 Å². The second kappa shape index (κ2) is 7.23. The van der Waals surface area contributed by atoms with E-state index in [0.717, 1.165) is 54.3 Å². The van der Waals surface area contributed by atoms with Crippen molar-refractivity contribution in [1.29, 1.82) is 0 Å². The van der Waals surface area contributed by atoms with E-state index in [-0.39, 0.29) is 12.6 Å². The second-order valence-corrected chi connectivity index (χ2v) is 8.45. The second-order valence-electron chi connectivity index (χ2n) is 7.70. The maximum atomic E-state index is 12.6. The number of urea groups is 1. The van der Waals surface area contributed by atoms with Gasteiger partial charge in [-0.15, -0.1) is 0 Å². The van der Waals surface area contributed by atoms with Crippen molar-refractivity contribution in [3.05, 3.63) is 24.4 Å². The summed E-state index contributed by atoms with van der Waals surface area (Å²) in [4.78, 5) is 32.7. The monoisotopic (exact) mass is 414 g/mol. The van der Waals surface area contributed by atoms with Crippen LogP contribution >= 0.6 is 11.5 Å². The summed E-state index contributed by atoms with van der Waals surface area (Å²) in [7, 11) is 2.10. The third-order valence-electron chi connectivity index (χ3n) is 6.05. The largest absolute Gasteiger partial charge is 0.388 e. The Labute approximate surface area is 171 Å². The number of carbonyl (C=O) groups is 1. The molecule has 10 nitrogen and oxygen atoms in total. The van der Waals surface area contributed by atoms with Gasteiger partial charge in [-0.1, -0.05) is 0 Å². The van der Waals surface area contributed by atoms with E-state index in [1.807, 2.05) is 17.2 Å². The molecule has 5 rings (SSSR count). The molecule has 4 heterocycles. The molecule has 0 aromatic carbocycles. The Kier molecular flexibility index (Phi) is 4.55. The number of hydrogen-bond acceptors (Lipinski definition) is 8. The van der Waals surface area contributed by atoms with Gasteiger partial charge in [0.05, 0.1) is 5.39 Å². The summed E-state index contributed by atoms with van der Waals surface area (Å²) < 4.78 is 3.98. The highest BCUT2D eigenvalue weighted by molar-refractivity contribution is 7.09. The molecule has 0 radical (unpaired) electrons. The first-order valence-corrected chi connectivity index (χ1v) is 10.4. The van der Waals surface area contributed by atoms with Gasteiger partial charge < -0.3 is 19.9 Å². The van der Waals surface area contributed by atoms with E-state index in [2.05, 4.69) is 41.6 Å². The zero-order valence-electron chi connectivity index (χ0n) is 15.9. The standard InChI is InChI=1S/C18H22N8O2S/c1-25(16-13-2-3-19-15(13)20-9-21-16)12-4-10-6-26(7-11(10)5-12)18(28)23-17-22-14(8-27)24-29-17/h2-3,9-12,27H,4-8H2,1H3,(H,19,20,21)(H,22,23,24,28)/t10-,11+,12+. The molecule has 11 heteroatoms. The maximum absolute atomic E-state index is 12.6. The number of amides is 2. The van der Waals surface area contributed by atoms with Crippen molar-refractivity contribution < 1.29 is 9.90 Å². The summed E-state index contributed by atoms with van der Waals surface area (Å²) in [5.41, 5.74) is 0.851. The van der Waals surface area contributed by atoms with Crippen molar-refractivity contribution in [2.45, 2.75) is 25.5 Å². The molecule has 1 aliphatic heterocycles. The molecule has 152 valence electrons. The maximum Gasteiger partial charge on any atom is 0.323 e. The number of hydrogen-bond donors (Lipinski definition) is 3. The van der Waals surface area contributed by atoms with Crippen molar-refractivity contribution in [3.63, 3.8) is 0 Å². The van der Waals surface area contributed by atoms with Crippen molar-refractivity contribution in [2.75, 3.05) is 30.4 Å². The van der Waals surface area contributed by atoms with E-state index in [1.165, 1.54) is 0 Å². The predicted molar refractivity (Wildman–Crippen MR) is 109 cm³/mol. The van der Waals surface area contributed by atoms with Gasteiger partial charge >= 0.3 is 6.03 Å². The molecule has 3 aromatic heterocycles. The third-order valence-corrected chi connectivity index (χ3v) is 6.72. The number of aromatic amines is 1. The summed E-state index contributed by atoms with van der Waals surface area (Å²) in [5, 5.41) is 13.3. The number of aliphatic hydroxyl groups is 1. The SMILES string of the molecule is CN(c1ncnc2[nH]ccc12)[C@H]1C[C@@H]2CN(C(=O)Nc3nc(CO)ns3)C[C@@H]2C1. The zero-order chi connectivity index (χ0) is 20.0. The van der Waals surface area contributed by atoms with Gasteiger partial charge in [-0.25, -0.2) is 19.7 Å². The molecule has 0 spiro atoms. The van der Waals surface area contributed by atoms with E-state index in [4.69, 9.17) is 5.11 Å². The molecule has 2 fully saturated rings. The Morgan fingerprint density at radius 1 is 1.38 bits per heavy atom. The molecular formula is C18H22N8O2S. The van der Waals surface area contributed by atoms with Crippen LogP contribution in [0.4, 0.5) is 15.7 Å². The van der Waals surface area contributed by atoms with Crippen LogP contribution in [0.25, 0.3) is 11.0 Å². The van der Waals surface area contributed by atoms with Gasteiger partial charge in [0.1, 0.15) is 24.4 Å². The molecule has 1 saturated carbocycles. The number of nitrogens with zero attached hydrogens (tertiary/aromatic N) is 6. The van der Waals surface area contributed by atoms with Crippen molar-refractivity contribution in [2.24, 2.45) is 11.8 Å². The summed E-state index contributed by atoms with van der Waals surface area (Å²) in [6.07, 6.45) is 5.56. The first-order chi connectivity index (χ1) is 14.1. The van der Waals surface area contributed by atoms with Crippen LogP contribution in [0.2, 0.25) is 0 Å². The number of anilines is 2. The van der Waals surface area contributed by atoms with Gasteiger partial charge in [-0.2, -0.15) is 4.37 Å². The van der Waals surface area contributed by atoms with Crippen LogP contribution < -0.4 is 10.2 Å². The van der Waals surface area contributed by atoms with Crippen LogP contribution in [0.3, 0.4) is 0 Å². The van der Waals surface area contributed by atoms with Gasteiger partial charge in [-0.3, -0.25) is 5.32 Å². The minimum Gasteiger partial charge on any atom is -0.388 e. The quantitative estimate of drug-likeness (QED) is 0.593. The lowest BCUT2D eigenvalue weighted by Crippen LogP contribution is -2.36. The molecule has 1 aliphatic carbocycles. The molecule has 3 N–H and O–H groups in total. The Bertz CT molecular complexity index is 1020. The lowest BCUT2D eigenvalue weighted by molar-refractivity contribution is 0.218. The fourth-order valence-electron chi connectivity index (χ4n) is 4.60. The molecular weight excluding hydrogens is 392 g/mol. The number of carbonyl (C=O) groups excluding carboxylic acids is 1. The van der Waals surface area contributed by atoms with Gasteiger partial charge in [0.2, 0.25) is 5.13 Å². The fraction of sp³-hybridized carbons (Fsp3) is 0.500. The Morgan fingerprint density at radius 2 is 2.17 bits per heavy atom. The van der Waals surface area contributed by atoms with Crippen LogP contribution in [0.5, 0.6) is 0 Å². The summed E-state index contributed by atoms with van der Waals surface area (Å²) in [6, 6.07) is 2.27. The Balaban J connectivity index is 1.21. The van der Waals surface area contributed by atoms with Crippen LogP contribution in [-0.2, 0) is 6.61 Å². The first-order valence-electron chi connectivity index (χ1n) is 9.62. The number of fused-ring (bicyclic) bond motifs is 2. The smallest absolute Gasteiger partial charge is 0.323 e. The predicted octanol–water partition coefficient (Wildman–Crippen LogP) is 1.68. The Hall–Kier alpha value is -2.79. The minimum absolute atomic E-state index is 0.144. The van der Waals surface area contributed by atoms with E-state index < -0.39 is 0 Å². The third kappa shape index (κ3) is 3.29. The van der Waals surface area contributed by atoms with Crippen molar-refractivity contribution in [3.8, 4) is 0 Å². The number of rotatable bonds is 4. The summed E-state index contributed by atoms with van der Waals surface area (Å²) >= 11 is 1.09. The fourth-order valence-corrected chi connectivity index (χ4v) is 5.17. The van der Waals surface area contributed by atoms with Gasteiger partial charge in [0.25, 0.3) is 0 Å². The minimum atomic E-state index is -0.226. The molecule has 0 unspecified atom stereocenters. The first kappa shape index (κ1) is 18.3. The average Bonchev–Trinajstić information content (AvgIpc) is 3.48.